The van der Waals surface area contributed by atoms with E-state index in [1.165, 1.54) is 29.7 Å². The van der Waals surface area contributed by atoms with Gasteiger partial charge < -0.3 is 5.73 Å². The predicted octanol–water partition coefficient (Wildman–Crippen LogP) is 2.25. The summed E-state index contributed by atoms with van der Waals surface area (Å²) in [5.74, 6) is 0.617. The van der Waals surface area contributed by atoms with Gasteiger partial charge in [-0.25, -0.2) is 0 Å². The first kappa shape index (κ1) is 11.6. The Kier molecular flexibility index (Phi) is 3.31. The maximum absolute atomic E-state index is 5.88. The van der Waals surface area contributed by atoms with E-state index in [0.29, 0.717) is 12.0 Å². The second-order valence-corrected chi connectivity index (χ2v) is 5.07. The number of benzene rings is 1. The van der Waals surface area contributed by atoms with Crippen molar-refractivity contribution in [3.63, 3.8) is 0 Å². The number of nitrogens with zero attached hydrogens (tertiary/aromatic N) is 1. The number of hydrogen-bond acceptors (Lipinski definition) is 2. The van der Waals surface area contributed by atoms with Gasteiger partial charge in [-0.3, -0.25) is 4.90 Å². The van der Waals surface area contributed by atoms with E-state index in [0.717, 1.165) is 6.54 Å². The highest BCUT2D eigenvalue weighted by Gasteiger charge is 2.32. The second-order valence-electron chi connectivity index (χ2n) is 5.07. The van der Waals surface area contributed by atoms with Crippen LogP contribution in [-0.4, -0.2) is 25.0 Å². The average molecular weight is 218 g/mol. The predicted molar refractivity (Wildman–Crippen MR) is 68.4 cm³/mol. The summed E-state index contributed by atoms with van der Waals surface area (Å²) >= 11 is 0. The van der Waals surface area contributed by atoms with Crippen molar-refractivity contribution in [2.75, 3.05) is 20.1 Å². The number of nitrogens with two attached hydrogens (primary N) is 1. The Labute approximate surface area is 98.4 Å². The van der Waals surface area contributed by atoms with Gasteiger partial charge in [-0.15, -0.1) is 0 Å². The third kappa shape index (κ3) is 2.00. The first-order valence-corrected chi connectivity index (χ1v) is 6.11. The van der Waals surface area contributed by atoms with Crippen molar-refractivity contribution in [2.24, 2.45) is 11.7 Å². The van der Waals surface area contributed by atoms with Crippen molar-refractivity contribution in [3.05, 3.63) is 34.9 Å². The van der Waals surface area contributed by atoms with Crippen LogP contribution in [-0.2, 0) is 0 Å². The van der Waals surface area contributed by atoms with Crippen LogP contribution in [0.5, 0.6) is 0 Å². The van der Waals surface area contributed by atoms with E-state index in [9.17, 15) is 0 Å². The summed E-state index contributed by atoms with van der Waals surface area (Å²) in [5.41, 5.74) is 10.1. The van der Waals surface area contributed by atoms with Gasteiger partial charge in [-0.2, -0.15) is 0 Å². The zero-order valence-electron chi connectivity index (χ0n) is 10.5. The number of hydrogen-bond donors (Lipinski definition) is 1. The minimum atomic E-state index is 0.519. The van der Waals surface area contributed by atoms with E-state index in [1.54, 1.807) is 0 Å². The molecule has 2 N–H and O–H groups in total. The van der Waals surface area contributed by atoms with Gasteiger partial charge >= 0.3 is 0 Å². The summed E-state index contributed by atoms with van der Waals surface area (Å²) in [6.45, 7) is 6.32. The lowest BCUT2D eigenvalue weighted by Crippen LogP contribution is -2.25. The van der Waals surface area contributed by atoms with Crippen LogP contribution >= 0.6 is 0 Å². The lowest BCUT2D eigenvalue weighted by Gasteiger charge is -2.26. The van der Waals surface area contributed by atoms with Crippen molar-refractivity contribution in [2.45, 2.75) is 26.3 Å². The van der Waals surface area contributed by atoms with Gasteiger partial charge in [-0.05, 0) is 57.5 Å². The number of aryl methyl sites for hydroxylation is 2. The molecule has 1 heterocycles. The smallest absolute Gasteiger partial charge is 0.0388 e. The molecule has 0 amide bonds. The molecule has 0 saturated carbocycles. The highest BCUT2D eigenvalue weighted by atomic mass is 15.2. The Hall–Kier alpha value is -0.860. The number of likely N-dealkylation sites (tertiary alicyclic amines) is 1. The van der Waals surface area contributed by atoms with Gasteiger partial charge in [-0.1, -0.05) is 23.8 Å². The fourth-order valence-corrected chi connectivity index (χ4v) is 2.92. The Morgan fingerprint density at radius 1 is 1.38 bits per heavy atom. The second kappa shape index (κ2) is 4.56. The van der Waals surface area contributed by atoms with Gasteiger partial charge in [0.05, 0.1) is 0 Å². The zero-order chi connectivity index (χ0) is 11.7. The fraction of sp³-hybridized carbons (Fsp3) is 0.571. The summed E-state index contributed by atoms with van der Waals surface area (Å²) in [7, 11) is 2.21. The Morgan fingerprint density at radius 2 is 2.12 bits per heavy atom. The van der Waals surface area contributed by atoms with E-state index in [-0.39, 0.29) is 0 Å². The summed E-state index contributed by atoms with van der Waals surface area (Å²) in [6, 6.07) is 7.28. The van der Waals surface area contributed by atoms with E-state index in [1.807, 2.05) is 0 Å². The molecule has 1 saturated heterocycles. The molecule has 1 aromatic rings. The molecular weight excluding hydrogens is 196 g/mol. The molecule has 2 heteroatoms. The summed E-state index contributed by atoms with van der Waals surface area (Å²) < 4.78 is 0. The van der Waals surface area contributed by atoms with Crippen LogP contribution in [0, 0.1) is 19.8 Å². The molecule has 1 aliphatic heterocycles. The van der Waals surface area contributed by atoms with Crippen LogP contribution in [0.15, 0.2) is 18.2 Å². The average Bonchev–Trinajstić information content (AvgIpc) is 2.60. The van der Waals surface area contributed by atoms with E-state index < -0.39 is 0 Å². The summed E-state index contributed by atoms with van der Waals surface area (Å²) in [5, 5.41) is 0. The van der Waals surface area contributed by atoms with Crippen LogP contribution in [0.25, 0.3) is 0 Å². The third-order valence-electron chi connectivity index (χ3n) is 3.82. The monoisotopic (exact) mass is 218 g/mol. The molecule has 0 radical (unpaired) electrons. The molecule has 2 atom stereocenters. The summed E-state index contributed by atoms with van der Waals surface area (Å²) in [6.07, 6.45) is 1.23. The van der Waals surface area contributed by atoms with Crippen molar-refractivity contribution < 1.29 is 0 Å². The van der Waals surface area contributed by atoms with Gasteiger partial charge in [0.1, 0.15) is 0 Å². The molecule has 2 nitrogen and oxygen atoms in total. The SMILES string of the molecule is Cc1ccc(C2C(CN)CCN2C)c(C)c1. The largest absolute Gasteiger partial charge is 0.330 e. The Bertz CT molecular complexity index is 373. The van der Waals surface area contributed by atoms with Gasteiger partial charge in [0.25, 0.3) is 0 Å². The van der Waals surface area contributed by atoms with Crippen molar-refractivity contribution >= 4 is 0 Å². The van der Waals surface area contributed by atoms with Crippen LogP contribution < -0.4 is 5.73 Å². The molecule has 16 heavy (non-hydrogen) atoms. The minimum Gasteiger partial charge on any atom is -0.330 e. The van der Waals surface area contributed by atoms with Gasteiger partial charge in [0.2, 0.25) is 0 Å². The maximum Gasteiger partial charge on any atom is 0.0388 e. The molecule has 0 aliphatic carbocycles. The molecule has 0 bridgehead atoms. The molecule has 2 rings (SSSR count). The molecule has 2 unspecified atom stereocenters. The molecule has 0 spiro atoms. The highest BCUT2D eigenvalue weighted by molar-refractivity contribution is 5.33. The first-order valence-electron chi connectivity index (χ1n) is 6.11. The highest BCUT2D eigenvalue weighted by Crippen LogP contribution is 2.36. The van der Waals surface area contributed by atoms with Gasteiger partial charge in [0, 0.05) is 6.04 Å². The Morgan fingerprint density at radius 3 is 2.75 bits per heavy atom. The molecule has 1 aliphatic rings. The lowest BCUT2D eigenvalue weighted by molar-refractivity contribution is 0.278. The fourth-order valence-electron chi connectivity index (χ4n) is 2.92. The van der Waals surface area contributed by atoms with Crippen molar-refractivity contribution in [1.29, 1.82) is 0 Å². The quantitative estimate of drug-likeness (QED) is 0.825. The van der Waals surface area contributed by atoms with E-state index >= 15 is 0 Å². The van der Waals surface area contributed by atoms with Crippen molar-refractivity contribution in [3.8, 4) is 0 Å². The molecular formula is C14H22N2. The van der Waals surface area contributed by atoms with Crippen LogP contribution in [0.1, 0.15) is 29.2 Å². The number of rotatable bonds is 2. The van der Waals surface area contributed by atoms with Gasteiger partial charge in [0.15, 0.2) is 0 Å². The molecule has 88 valence electrons. The van der Waals surface area contributed by atoms with Crippen LogP contribution in [0.2, 0.25) is 0 Å². The topological polar surface area (TPSA) is 29.3 Å². The van der Waals surface area contributed by atoms with Crippen LogP contribution in [0.4, 0.5) is 0 Å². The molecule has 1 fully saturated rings. The Balaban J connectivity index is 2.34. The zero-order valence-corrected chi connectivity index (χ0v) is 10.5. The maximum atomic E-state index is 5.88. The third-order valence-corrected chi connectivity index (χ3v) is 3.82. The standard InChI is InChI=1S/C14H22N2/c1-10-4-5-13(11(2)8-10)14-12(9-15)6-7-16(14)3/h4-5,8,12,14H,6-7,9,15H2,1-3H3. The normalized spacial score (nSPS) is 26.2. The van der Waals surface area contributed by atoms with Crippen LogP contribution in [0.3, 0.4) is 0 Å². The lowest BCUT2D eigenvalue weighted by atomic mass is 9.90. The minimum absolute atomic E-state index is 0.519. The van der Waals surface area contributed by atoms with Crippen molar-refractivity contribution in [1.82, 2.24) is 4.90 Å². The molecule has 1 aromatic carbocycles. The molecule has 0 aromatic heterocycles. The van der Waals surface area contributed by atoms with E-state index in [4.69, 9.17) is 5.73 Å². The first-order chi connectivity index (χ1) is 7.63. The van der Waals surface area contributed by atoms with E-state index in [2.05, 4.69) is 44.0 Å². The summed E-state index contributed by atoms with van der Waals surface area (Å²) in [4.78, 5) is 2.44.